The predicted octanol–water partition coefficient (Wildman–Crippen LogP) is 1.94. The third-order valence-electron chi connectivity index (χ3n) is 5.39. The van der Waals surface area contributed by atoms with Gasteiger partial charge in [0.1, 0.15) is 5.60 Å². The number of hydrogen-bond acceptors (Lipinski definition) is 7. The molecule has 2 fully saturated rings. The van der Waals surface area contributed by atoms with Crippen LogP contribution in [0.15, 0.2) is 12.4 Å². The molecule has 2 saturated heterocycles. The Balaban J connectivity index is 1.63. The minimum absolute atomic E-state index is 0.143. The summed E-state index contributed by atoms with van der Waals surface area (Å²) in [6.07, 6.45) is 4.23. The van der Waals surface area contributed by atoms with Crippen LogP contribution in [0.2, 0.25) is 0 Å². The van der Waals surface area contributed by atoms with Gasteiger partial charge < -0.3 is 18.9 Å². The lowest BCUT2D eigenvalue weighted by atomic mass is 9.81. The summed E-state index contributed by atoms with van der Waals surface area (Å²) >= 11 is 0. The molecule has 0 N–H and O–H groups in total. The molecule has 0 amide bonds. The molecule has 1 aromatic heterocycles. The number of ether oxygens (including phenoxy) is 1. The molecule has 148 valence electrons. The molecule has 8 heteroatoms. The molecule has 0 aliphatic carbocycles. The average molecular weight is 375 g/mol. The van der Waals surface area contributed by atoms with Crippen molar-refractivity contribution in [1.29, 1.82) is 0 Å². The highest BCUT2D eigenvalue weighted by molar-refractivity contribution is 6.61. The quantitative estimate of drug-likeness (QED) is 0.591. The standard InChI is InChI=1S/C19H30BN3O4/c1-17(2,3)25-15(24)13-8-9-23(12-13)16-21-10-14(11-22-16)20-26-18(4,5)19(6,7)27-20/h10-11,13H,8-9,12H2,1-7H3/t13-/m0/s1. The van der Waals surface area contributed by atoms with Gasteiger partial charge in [0.25, 0.3) is 0 Å². The van der Waals surface area contributed by atoms with Gasteiger partial charge in [0.2, 0.25) is 5.95 Å². The van der Waals surface area contributed by atoms with Crippen molar-refractivity contribution in [1.82, 2.24) is 9.97 Å². The lowest BCUT2D eigenvalue weighted by molar-refractivity contribution is -0.159. The molecular formula is C19H30BN3O4. The van der Waals surface area contributed by atoms with E-state index in [2.05, 4.69) is 9.97 Å². The third kappa shape index (κ3) is 4.27. The molecular weight excluding hydrogens is 345 g/mol. The Labute approximate surface area is 161 Å². The van der Waals surface area contributed by atoms with Gasteiger partial charge in [-0.2, -0.15) is 0 Å². The van der Waals surface area contributed by atoms with E-state index in [4.69, 9.17) is 14.0 Å². The number of esters is 1. The van der Waals surface area contributed by atoms with E-state index in [1.54, 1.807) is 12.4 Å². The first kappa shape index (κ1) is 20.1. The summed E-state index contributed by atoms with van der Waals surface area (Å²) in [5.74, 6) is 0.316. The van der Waals surface area contributed by atoms with E-state index in [0.29, 0.717) is 12.5 Å². The largest absolute Gasteiger partial charge is 0.498 e. The minimum Gasteiger partial charge on any atom is -0.460 e. The Hall–Kier alpha value is -1.67. The van der Waals surface area contributed by atoms with Crippen LogP contribution in [0.25, 0.3) is 0 Å². The smallest absolute Gasteiger partial charge is 0.460 e. The SMILES string of the molecule is CC(C)(C)OC(=O)[C@H]1CCN(c2ncc(B3OC(C)(C)C(C)(C)O3)cn2)C1. The lowest BCUT2D eigenvalue weighted by Crippen LogP contribution is -2.41. The van der Waals surface area contributed by atoms with Crippen LogP contribution >= 0.6 is 0 Å². The zero-order valence-corrected chi connectivity index (χ0v) is 17.4. The first-order chi connectivity index (χ1) is 12.4. The number of anilines is 1. The second kappa shape index (κ2) is 6.74. The molecule has 0 spiro atoms. The second-order valence-electron chi connectivity index (χ2n) is 9.37. The van der Waals surface area contributed by atoms with Crippen molar-refractivity contribution >= 4 is 24.5 Å². The van der Waals surface area contributed by atoms with Crippen LogP contribution in [0.5, 0.6) is 0 Å². The maximum atomic E-state index is 12.3. The van der Waals surface area contributed by atoms with Crippen LogP contribution in [-0.4, -0.2) is 52.9 Å². The van der Waals surface area contributed by atoms with Crippen LogP contribution < -0.4 is 10.4 Å². The molecule has 3 heterocycles. The van der Waals surface area contributed by atoms with E-state index < -0.39 is 23.9 Å². The Morgan fingerprint density at radius 1 is 1.19 bits per heavy atom. The molecule has 0 bridgehead atoms. The monoisotopic (exact) mass is 375 g/mol. The Bertz CT molecular complexity index is 684. The van der Waals surface area contributed by atoms with Crippen LogP contribution in [0.1, 0.15) is 54.9 Å². The fraction of sp³-hybridized carbons (Fsp3) is 0.737. The Morgan fingerprint density at radius 3 is 2.26 bits per heavy atom. The normalized spacial score (nSPS) is 24.3. The highest BCUT2D eigenvalue weighted by Gasteiger charge is 2.52. The minimum atomic E-state index is -0.475. The highest BCUT2D eigenvalue weighted by Crippen LogP contribution is 2.36. The van der Waals surface area contributed by atoms with Crippen molar-refractivity contribution in [2.75, 3.05) is 18.0 Å². The van der Waals surface area contributed by atoms with Crippen molar-refractivity contribution in [3.63, 3.8) is 0 Å². The number of rotatable bonds is 3. The molecule has 7 nitrogen and oxygen atoms in total. The molecule has 3 rings (SSSR count). The maximum absolute atomic E-state index is 12.3. The number of carbonyl (C=O) groups is 1. The summed E-state index contributed by atoms with van der Waals surface area (Å²) < 4.78 is 17.6. The highest BCUT2D eigenvalue weighted by atomic mass is 16.7. The summed E-state index contributed by atoms with van der Waals surface area (Å²) in [7, 11) is -0.475. The molecule has 2 aliphatic rings. The fourth-order valence-corrected chi connectivity index (χ4v) is 3.11. The van der Waals surface area contributed by atoms with Gasteiger partial charge >= 0.3 is 13.1 Å². The number of carbonyl (C=O) groups excluding carboxylic acids is 1. The van der Waals surface area contributed by atoms with Crippen LogP contribution in [0, 0.1) is 5.92 Å². The van der Waals surface area contributed by atoms with Gasteiger partial charge in [-0.25, -0.2) is 9.97 Å². The van der Waals surface area contributed by atoms with Gasteiger partial charge in [0.15, 0.2) is 0 Å². The lowest BCUT2D eigenvalue weighted by Gasteiger charge is -2.32. The van der Waals surface area contributed by atoms with Gasteiger partial charge in [0, 0.05) is 30.9 Å². The van der Waals surface area contributed by atoms with E-state index in [1.165, 1.54) is 0 Å². The zero-order chi connectivity index (χ0) is 20.0. The average Bonchev–Trinajstić information content (AvgIpc) is 3.09. The van der Waals surface area contributed by atoms with Crippen molar-refractivity contribution in [2.45, 2.75) is 71.7 Å². The summed E-state index contributed by atoms with van der Waals surface area (Å²) in [5.41, 5.74) is -0.469. The summed E-state index contributed by atoms with van der Waals surface area (Å²) in [4.78, 5) is 23.2. The number of hydrogen-bond donors (Lipinski definition) is 0. The van der Waals surface area contributed by atoms with Crippen LogP contribution in [0.4, 0.5) is 5.95 Å². The van der Waals surface area contributed by atoms with Gasteiger partial charge in [-0.3, -0.25) is 4.79 Å². The van der Waals surface area contributed by atoms with Gasteiger partial charge in [-0.15, -0.1) is 0 Å². The molecule has 1 atom stereocenters. The number of nitrogens with zero attached hydrogens (tertiary/aromatic N) is 3. The zero-order valence-electron chi connectivity index (χ0n) is 17.4. The van der Waals surface area contributed by atoms with Crippen LogP contribution in [-0.2, 0) is 18.8 Å². The van der Waals surface area contributed by atoms with Crippen LogP contribution in [0.3, 0.4) is 0 Å². The first-order valence-corrected chi connectivity index (χ1v) is 9.53. The van der Waals surface area contributed by atoms with Crippen molar-refractivity contribution in [3.8, 4) is 0 Å². The predicted molar refractivity (Wildman–Crippen MR) is 104 cm³/mol. The molecule has 1 aromatic rings. The van der Waals surface area contributed by atoms with E-state index in [9.17, 15) is 4.79 Å². The van der Waals surface area contributed by atoms with Crippen molar-refractivity contribution in [3.05, 3.63) is 12.4 Å². The fourth-order valence-electron chi connectivity index (χ4n) is 3.11. The molecule has 2 aliphatic heterocycles. The molecule has 0 radical (unpaired) electrons. The molecule has 27 heavy (non-hydrogen) atoms. The third-order valence-corrected chi connectivity index (χ3v) is 5.39. The van der Waals surface area contributed by atoms with Gasteiger partial charge in [0.05, 0.1) is 17.1 Å². The van der Waals surface area contributed by atoms with E-state index in [0.717, 1.165) is 18.4 Å². The Morgan fingerprint density at radius 2 is 1.74 bits per heavy atom. The van der Waals surface area contributed by atoms with E-state index in [1.807, 2.05) is 53.4 Å². The van der Waals surface area contributed by atoms with Crippen molar-refractivity contribution in [2.24, 2.45) is 5.92 Å². The molecule has 0 saturated carbocycles. The topological polar surface area (TPSA) is 73.8 Å². The van der Waals surface area contributed by atoms with Gasteiger partial charge in [-0.1, -0.05) is 0 Å². The molecule has 0 unspecified atom stereocenters. The van der Waals surface area contributed by atoms with Gasteiger partial charge in [-0.05, 0) is 54.9 Å². The molecule has 0 aromatic carbocycles. The number of aromatic nitrogens is 2. The Kier molecular flexibility index (Phi) is 5.01. The summed E-state index contributed by atoms with van der Waals surface area (Å²) in [6.45, 7) is 15.0. The van der Waals surface area contributed by atoms with Crippen molar-refractivity contribution < 1.29 is 18.8 Å². The van der Waals surface area contributed by atoms with E-state index in [-0.39, 0.29) is 11.9 Å². The first-order valence-electron chi connectivity index (χ1n) is 9.53. The second-order valence-corrected chi connectivity index (χ2v) is 9.37. The summed E-state index contributed by atoms with van der Waals surface area (Å²) in [5, 5.41) is 0. The maximum Gasteiger partial charge on any atom is 0.498 e. The summed E-state index contributed by atoms with van der Waals surface area (Å²) in [6, 6.07) is 0. The van der Waals surface area contributed by atoms with E-state index >= 15 is 0 Å².